The van der Waals surface area contributed by atoms with Gasteiger partial charge in [0.2, 0.25) is 0 Å². The Morgan fingerprint density at radius 1 is 1.55 bits per heavy atom. The summed E-state index contributed by atoms with van der Waals surface area (Å²) in [7, 11) is 4.03. The first-order valence-electron chi connectivity index (χ1n) is 3.65. The fraction of sp³-hybridized carbons (Fsp3) is 0.444. The van der Waals surface area contributed by atoms with Crippen molar-refractivity contribution in [1.29, 1.82) is 0 Å². The lowest BCUT2D eigenvalue weighted by atomic mass is 10.3. The van der Waals surface area contributed by atoms with E-state index >= 15 is 0 Å². The van der Waals surface area contributed by atoms with Crippen molar-refractivity contribution < 1.29 is 0 Å². The first kappa shape index (κ1) is 10.1. The molecule has 0 aliphatic rings. The average Bonchev–Trinajstić information content (AvgIpc) is 1.87. The van der Waals surface area contributed by atoms with Gasteiger partial charge in [-0.25, -0.2) is 0 Å². The first-order valence-corrected chi connectivity index (χ1v) is 3.65. The van der Waals surface area contributed by atoms with Gasteiger partial charge in [0.15, 0.2) is 0 Å². The van der Waals surface area contributed by atoms with E-state index in [4.69, 9.17) is 0 Å². The smallest absolute Gasteiger partial charge is 0.0540 e. The second-order valence-corrected chi connectivity index (χ2v) is 2.54. The maximum Gasteiger partial charge on any atom is 0.0540 e. The van der Waals surface area contributed by atoms with Gasteiger partial charge in [-0.2, -0.15) is 0 Å². The van der Waals surface area contributed by atoms with Crippen molar-refractivity contribution in [2.45, 2.75) is 6.92 Å². The van der Waals surface area contributed by atoms with Crippen molar-refractivity contribution in [3.8, 4) is 0 Å². The Balaban J connectivity index is 4.11. The van der Waals surface area contributed by atoms with Crippen LogP contribution >= 0.6 is 0 Å². The third-order valence-electron chi connectivity index (χ3n) is 1.09. The predicted octanol–water partition coefficient (Wildman–Crippen LogP) is 1.71. The molecule has 2 nitrogen and oxygen atoms in total. The Hall–Kier alpha value is -0.890. The normalized spacial score (nSPS) is 12.9. The van der Waals surface area contributed by atoms with Gasteiger partial charge < -0.3 is 4.90 Å². The summed E-state index contributed by atoms with van der Waals surface area (Å²) in [6.07, 6.45) is 5.53. The number of aliphatic imine (C=N–C) groups is 1. The number of rotatable bonds is 4. The van der Waals surface area contributed by atoms with Gasteiger partial charge in [0.05, 0.1) is 5.71 Å². The molecule has 0 atom stereocenters. The molecule has 0 amide bonds. The highest BCUT2D eigenvalue weighted by atomic mass is 15.1. The molecule has 0 aliphatic heterocycles. The van der Waals surface area contributed by atoms with E-state index in [0.717, 1.165) is 12.3 Å². The molecule has 62 valence electrons. The van der Waals surface area contributed by atoms with Gasteiger partial charge in [-0.1, -0.05) is 12.7 Å². The van der Waals surface area contributed by atoms with E-state index in [1.165, 1.54) is 0 Å². The largest absolute Gasteiger partial charge is 0.304 e. The van der Waals surface area contributed by atoms with Crippen LogP contribution in [0.15, 0.2) is 29.9 Å². The number of hydrogen-bond donors (Lipinski definition) is 0. The summed E-state index contributed by atoms with van der Waals surface area (Å²) in [5.74, 6) is 0. The lowest BCUT2D eigenvalue weighted by Gasteiger charge is -2.07. The maximum atomic E-state index is 4.11. The Labute approximate surface area is 68.9 Å². The highest BCUT2D eigenvalue weighted by Crippen LogP contribution is 1.86. The third-order valence-corrected chi connectivity index (χ3v) is 1.09. The van der Waals surface area contributed by atoms with Crippen molar-refractivity contribution in [3.63, 3.8) is 0 Å². The monoisotopic (exact) mass is 152 g/mol. The van der Waals surface area contributed by atoms with Crippen molar-refractivity contribution >= 4 is 5.71 Å². The summed E-state index contributed by atoms with van der Waals surface area (Å²) in [5.41, 5.74) is 1.03. The maximum absolute atomic E-state index is 4.11. The summed E-state index contributed by atoms with van der Waals surface area (Å²) < 4.78 is 0. The predicted molar refractivity (Wildman–Crippen MR) is 51.0 cm³/mol. The van der Waals surface area contributed by atoms with E-state index < -0.39 is 0 Å². The van der Waals surface area contributed by atoms with Crippen molar-refractivity contribution in [2.24, 2.45) is 4.99 Å². The van der Waals surface area contributed by atoms with Gasteiger partial charge in [0.1, 0.15) is 0 Å². The standard InChI is InChI=1S/C9H16N2/c1-5-7-9(10-6-2)8-11(3)4/h5-7H,2,8H2,1,3-4H3/b7-5-,10-9+. The highest BCUT2D eigenvalue weighted by molar-refractivity contribution is 5.96. The molecule has 0 aromatic rings. The molecule has 0 saturated carbocycles. The van der Waals surface area contributed by atoms with Crippen LogP contribution < -0.4 is 0 Å². The zero-order valence-electron chi connectivity index (χ0n) is 7.54. The van der Waals surface area contributed by atoms with Gasteiger partial charge >= 0.3 is 0 Å². The van der Waals surface area contributed by atoms with Crippen molar-refractivity contribution in [3.05, 3.63) is 24.9 Å². The van der Waals surface area contributed by atoms with Gasteiger partial charge in [-0.05, 0) is 27.1 Å². The van der Waals surface area contributed by atoms with Crippen LogP contribution in [-0.4, -0.2) is 31.3 Å². The molecule has 0 heterocycles. The Kier molecular flexibility index (Phi) is 5.39. The minimum atomic E-state index is 0.857. The van der Waals surface area contributed by atoms with Crippen LogP contribution in [0.5, 0.6) is 0 Å². The van der Waals surface area contributed by atoms with Crippen LogP contribution in [0.2, 0.25) is 0 Å². The first-order chi connectivity index (χ1) is 5.20. The van der Waals surface area contributed by atoms with Crippen LogP contribution in [0.3, 0.4) is 0 Å². The van der Waals surface area contributed by atoms with E-state index in [0.29, 0.717) is 0 Å². The second-order valence-electron chi connectivity index (χ2n) is 2.54. The van der Waals surface area contributed by atoms with Crippen LogP contribution in [0.25, 0.3) is 0 Å². The molecule has 0 spiro atoms. The molecule has 0 fully saturated rings. The average molecular weight is 152 g/mol. The molecule has 11 heavy (non-hydrogen) atoms. The van der Waals surface area contributed by atoms with Crippen LogP contribution in [0.1, 0.15) is 6.92 Å². The van der Waals surface area contributed by atoms with E-state index in [1.54, 1.807) is 6.20 Å². The number of allylic oxidation sites excluding steroid dienone is 1. The summed E-state index contributed by atoms with van der Waals surface area (Å²) in [5, 5.41) is 0. The summed E-state index contributed by atoms with van der Waals surface area (Å²) in [6.45, 7) is 6.39. The molecule has 0 bridgehead atoms. The molecular formula is C9H16N2. The summed E-state index contributed by atoms with van der Waals surface area (Å²) in [4.78, 5) is 6.18. The molecule has 0 radical (unpaired) electrons. The minimum Gasteiger partial charge on any atom is -0.304 e. The lowest BCUT2D eigenvalue weighted by Crippen LogP contribution is -2.20. The zero-order chi connectivity index (χ0) is 8.69. The van der Waals surface area contributed by atoms with Gasteiger partial charge in [0, 0.05) is 12.7 Å². The van der Waals surface area contributed by atoms with E-state index in [2.05, 4.69) is 16.5 Å². The van der Waals surface area contributed by atoms with E-state index in [-0.39, 0.29) is 0 Å². The molecule has 0 N–H and O–H groups in total. The van der Waals surface area contributed by atoms with Crippen LogP contribution in [-0.2, 0) is 0 Å². The van der Waals surface area contributed by atoms with Gasteiger partial charge in [-0.3, -0.25) is 4.99 Å². The van der Waals surface area contributed by atoms with Gasteiger partial charge in [0.25, 0.3) is 0 Å². The topological polar surface area (TPSA) is 15.6 Å². The fourth-order valence-corrected chi connectivity index (χ4v) is 0.770. The molecule has 0 rings (SSSR count). The molecule has 0 aliphatic carbocycles. The van der Waals surface area contributed by atoms with Gasteiger partial charge in [-0.15, -0.1) is 0 Å². The molecule has 2 heteroatoms. The molecule has 0 saturated heterocycles. The number of nitrogens with zero attached hydrogens (tertiary/aromatic N) is 2. The van der Waals surface area contributed by atoms with Crippen LogP contribution in [0.4, 0.5) is 0 Å². The molecule has 0 aromatic heterocycles. The second kappa shape index (κ2) is 5.86. The van der Waals surface area contributed by atoms with E-state index in [9.17, 15) is 0 Å². The quantitative estimate of drug-likeness (QED) is 0.560. The van der Waals surface area contributed by atoms with Crippen molar-refractivity contribution in [2.75, 3.05) is 20.6 Å². The number of hydrogen-bond acceptors (Lipinski definition) is 2. The Morgan fingerprint density at radius 2 is 2.18 bits per heavy atom. The Bertz CT molecular complexity index is 166. The van der Waals surface area contributed by atoms with E-state index in [1.807, 2.05) is 33.2 Å². The lowest BCUT2D eigenvalue weighted by molar-refractivity contribution is 0.470. The van der Waals surface area contributed by atoms with Crippen molar-refractivity contribution in [1.82, 2.24) is 4.90 Å². The molecular weight excluding hydrogens is 136 g/mol. The summed E-state index contributed by atoms with van der Waals surface area (Å²) >= 11 is 0. The van der Waals surface area contributed by atoms with Crippen LogP contribution in [0, 0.1) is 0 Å². The molecule has 0 aromatic carbocycles. The zero-order valence-corrected chi connectivity index (χ0v) is 7.54. The Morgan fingerprint density at radius 3 is 2.55 bits per heavy atom. The molecule has 0 unspecified atom stereocenters. The summed E-state index contributed by atoms with van der Waals surface area (Å²) in [6, 6.07) is 0. The fourth-order valence-electron chi connectivity index (χ4n) is 0.770. The SMILES string of the molecule is C=C/N=C(\C=C/C)CN(C)C. The highest BCUT2D eigenvalue weighted by Gasteiger charge is 1.93. The third kappa shape index (κ3) is 5.55. The minimum absolute atomic E-state index is 0.857.